The van der Waals surface area contributed by atoms with Gasteiger partial charge in [0.25, 0.3) is 0 Å². The summed E-state index contributed by atoms with van der Waals surface area (Å²) in [6, 6.07) is 16.3. The SMILES string of the molecule is CN1c2ccc(-c3cccc(C#N)c3)cc2[C@@H]2[C@@H](CCN2C(=O)C2CCCC2)[C@@H]1CO. The molecular weight excluding hydrogens is 386 g/mol. The number of likely N-dealkylation sites (N-methyl/N-ethyl adjacent to an activating group) is 1. The van der Waals surface area contributed by atoms with Crippen LogP contribution < -0.4 is 4.90 Å². The minimum absolute atomic E-state index is 0.00977. The summed E-state index contributed by atoms with van der Waals surface area (Å²) in [4.78, 5) is 17.7. The number of nitrogens with zero attached hydrogens (tertiary/aromatic N) is 3. The third-order valence-electron chi connectivity index (χ3n) is 7.66. The van der Waals surface area contributed by atoms with Crippen LogP contribution in [-0.4, -0.2) is 42.2 Å². The monoisotopic (exact) mass is 415 g/mol. The van der Waals surface area contributed by atoms with E-state index < -0.39 is 0 Å². The quantitative estimate of drug-likeness (QED) is 0.819. The number of likely N-dealkylation sites (tertiary alicyclic amines) is 1. The van der Waals surface area contributed by atoms with E-state index in [1.54, 1.807) is 0 Å². The summed E-state index contributed by atoms with van der Waals surface area (Å²) in [5.74, 6) is 0.688. The maximum atomic E-state index is 13.4. The molecule has 1 saturated carbocycles. The lowest BCUT2D eigenvalue weighted by molar-refractivity contribution is -0.136. The minimum atomic E-state index is 0.00977. The van der Waals surface area contributed by atoms with E-state index in [2.05, 4.69) is 34.1 Å². The predicted octanol–water partition coefficient (Wildman–Crippen LogP) is 4.12. The zero-order chi connectivity index (χ0) is 21.5. The molecule has 2 fully saturated rings. The molecule has 0 unspecified atom stereocenters. The van der Waals surface area contributed by atoms with Gasteiger partial charge in [-0.05, 0) is 60.2 Å². The van der Waals surface area contributed by atoms with Crippen molar-refractivity contribution in [2.75, 3.05) is 25.1 Å². The first-order valence-electron chi connectivity index (χ1n) is 11.4. The highest BCUT2D eigenvalue weighted by molar-refractivity contribution is 5.81. The van der Waals surface area contributed by atoms with Crippen LogP contribution in [0, 0.1) is 23.2 Å². The first-order chi connectivity index (χ1) is 15.1. The topological polar surface area (TPSA) is 67.6 Å². The largest absolute Gasteiger partial charge is 0.394 e. The Labute approximate surface area is 183 Å². The van der Waals surface area contributed by atoms with Crippen LogP contribution in [0.15, 0.2) is 42.5 Å². The Bertz CT molecular complexity index is 1040. The third kappa shape index (κ3) is 3.30. The number of benzene rings is 2. The van der Waals surface area contributed by atoms with Crippen LogP contribution >= 0.6 is 0 Å². The molecule has 5 rings (SSSR count). The molecule has 3 atom stereocenters. The van der Waals surface area contributed by atoms with Gasteiger partial charge in [0.15, 0.2) is 0 Å². The lowest BCUT2D eigenvalue weighted by atomic mass is 9.81. The number of fused-ring (bicyclic) bond motifs is 3. The summed E-state index contributed by atoms with van der Waals surface area (Å²) in [6.45, 7) is 0.858. The number of aliphatic hydroxyl groups excluding tert-OH is 1. The molecule has 160 valence electrons. The number of hydrogen-bond acceptors (Lipinski definition) is 4. The fraction of sp³-hybridized carbons (Fsp3) is 0.462. The molecule has 1 aliphatic carbocycles. The molecule has 0 spiro atoms. The Balaban J connectivity index is 1.58. The van der Waals surface area contributed by atoms with Gasteiger partial charge in [0, 0.05) is 31.1 Å². The normalized spacial score (nSPS) is 25.3. The van der Waals surface area contributed by atoms with E-state index >= 15 is 0 Å². The maximum absolute atomic E-state index is 13.4. The molecule has 0 radical (unpaired) electrons. The van der Waals surface area contributed by atoms with Gasteiger partial charge in [0.2, 0.25) is 5.91 Å². The number of hydrogen-bond donors (Lipinski definition) is 1. The van der Waals surface area contributed by atoms with E-state index in [0.717, 1.165) is 55.5 Å². The fourth-order valence-corrected chi connectivity index (χ4v) is 6.06. The van der Waals surface area contributed by atoms with Crippen LogP contribution in [0.25, 0.3) is 11.1 Å². The second-order valence-corrected chi connectivity index (χ2v) is 9.24. The van der Waals surface area contributed by atoms with Crippen LogP contribution in [0.5, 0.6) is 0 Å². The summed E-state index contributed by atoms with van der Waals surface area (Å²) >= 11 is 0. The molecule has 31 heavy (non-hydrogen) atoms. The van der Waals surface area contributed by atoms with Gasteiger partial charge < -0.3 is 14.9 Å². The predicted molar refractivity (Wildman–Crippen MR) is 120 cm³/mol. The number of nitriles is 1. The second kappa shape index (κ2) is 8.01. The Morgan fingerprint density at radius 3 is 2.65 bits per heavy atom. The average Bonchev–Trinajstić information content (AvgIpc) is 3.49. The van der Waals surface area contributed by atoms with E-state index in [1.807, 2.05) is 31.3 Å². The lowest BCUT2D eigenvalue weighted by Gasteiger charge is -2.45. The Hall–Kier alpha value is -2.84. The van der Waals surface area contributed by atoms with Crippen molar-refractivity contribution in [3.8, 4) is 17.2 Å². The molecule has 0 bridgehead atoms. The van der Waals surface area contributed by atoms with Gasteiger partial charge in [-0.25, -0.2) is 0 Å². The highest BCUT2D eigenvalue weighted by Gasteiger charge is 2.48. The number of aliphatic hydroxyl groups is 1. The van der Waals surface area contributed by atoms with Crippen molar-refractivity contribution in [3.63, 3.8) is 0 Å². The van der Waals surface area contributed by atoms with E-state index in [1.165, 1.54) is 5.56 Å². The molecule has 0 aromatic heterocycles. The summed E-state index contributed by atoms with van der Waals surface area (Å²) in [7, 11) is 2.05. The van der Waals surface area contributed by atoms with Gasteiger partial charge in [0.1, 0.15) is 0 Å². The van der Waals surface area contributed by atoms with Crippen molar-refractivity contribution < 1.29 is 9.90 Å². The van der Waals surface area contributed by atoms with Crippen molar-refractivity contribution in [2.45, 2.75) is 44.2 Å². The van der Waals surface area contributed by atoms with Crippen LogP contribution in [0.2, 0.25) is 0 Å². The van der Waals surface area contributed by atoms with Gasteiger partial charge in [-0.15, -0.1) is 0 Å². The van der Waals surface area contributed by atoms with Crippen LogP contribution in [-0.2, 0) is 4.79 Å². The molecule has 3 aliphatic rings. The number of amides is 1. The van der Waals surface area contributed by atoms with Gasteiger partial charge in [0.05, 0.1) is 30.3 Å². The standard InChI is InChI=1S/C26H29N3O2/c1-28-23-10-9-20(19-8-4-5-17(13-19)15-27)14-22(23)25-21(24(28)16-30)11-12-29(25)26(31)18-6-2-3-7-18/h4-5,8-10,13-14,18,21,24-25,30H,2-3,6-7,11-12,16H2,1H3/t21-,24-,25-/m0/s1. The molecule has 1 N–H and O–H groups in total. The van der Waals surface area contributed by atoms with Gasteiger partial charge in [-0.1, -0.05) is 31.0 Å². The molecule has 2 heterocycles. The van der Waals surface area contributed by atoms with Crippen molar-refractivity contribution in [1.29, 1.82) is 5.26 Å². The molecule has 2 aromatic carbocycles. The number of carbonyl (C=O) groups excluding carboxylic acids is 1. The zero-order valence-corrected chi connectivity index (χ0v) is 18.0. The summed E-state index contributed by atoms with van der Waals surface area (Å²) < 4.78 is 0. The van der Waals surface area contributed by atoms with E-state index in [0.29, 0.717) is 11.5 Å². The second-order valence-electron chi connectivity index (χ2n) is 9.24. The molecule has 2 aromatic rings. The summed E-state index contributed by atoms with van der Waals surface area (Å²) in [6.07, 6.45) is 5.23. The highest BCUT2D eigenvalue weighted by Crippen LogP contribution is 2.50. The lowest BCUT2D eigenvalue weighted by Crippen LogP contribution is -2.48. The zero-order valence-electron chi connectivity index (χ0n) is 18.0. The Morgan fingerprint density at radius 1 is 1.13 bits per heavy atom. The minimum Gasteiger partial charge on any atom is -0.394 e. The highest BCUT2D eigenvalue weighted by atomic mass is 16.3. The number of rotatable bonds is 3. The van der Waals surface area contributed by atoms with Crippen molar-refractivity contribution in [2.24, 2.45) is 11.8 Å². The van der Waals surface area contributed by atoms with Crippen LogP contribution in [0.4, 0.5) is 5.69 Å². The average molecular weight is 416 g/mol. The summed E-state index contributed by atoms with van der Waals surface area (Å²) in [5.41, 5.74) is 4.97. The first-order valence-corrected chi connectivity index (χ1v) is 11.4. The molecule has 1 amide bonds. The Kier molecular flexibility index (Phi) is 5.19. The number of carbonyl (C=O) groups is 1. The van der Waals surface area contributed by atoms with Gasteiger partial charge >= 0.3 is 0 Å². The molecular formula is C26H29N3O2. The van der Waals surface area contributed by atoms with E-state index in [-0.39, 0.29) is 30.5 Å². The molecule has 2 aliphatic heterocycles. The number of anilines is 1. The Morgan fingerprint density at radius 2 is 1.90 bits per heavy atom. The van der Waals surface area contributed by atoms with Crippen LogP contribution in [0.3, 0.4) is 0 Å². The first kappa shape index (κ1) is 20.1. The van der Waals surface area contributed by atoms with Gasteiger partial charge in [-0.3, -0.25) is 4.79 Å². The van der Waals surface area contributed by atoms with Crippen molar-refractivity contribution >= 4 is 11.6 Å². The summed E-state index contributed by atoms with van der Waals surface area (Å²) in [5, 5.41) is 19.5. The smallest absolute Gasteiger partial charge is 0.226 e. The van der Waals surface area contributed by atoms with Crippen molar-refractivity contribution in [1.82, 2.24) is 4.90 Å². The van der Waals surface area contributed by atoms with Gasteiger partial charge in [-0.2, -0.15) is 5.26 Å². The van der Waals surface area contributed by atoms with Crippen LogP contribution in [0.1, 0.15) is 49.3 Å². The molecule has 1 saturated heterocycles. The maximum Gasteiger partial charge on any atom is 0.226 e. The van der Waals surface area contributed by atoms with E-state index in [4.69, 9.17) is 0 Å². The third-order valence-corrected chi connectivity index (χ3v) is 7.66. The molecule has 5 heteroatoms. The fourth-order valence-electron chi connectivity index (χ4n) is 6.06. The van der Waals surface area contributed by atoms with E-state index in [9.17, 15) is 15.2 Å². The molecule has 5 nitrogen and oxygen atoms in total. The van der Waals surface area contributed by atoms with Crippen molar-refractivity contribution in [3.05, 3.63) is 53.6 Å².